The maximum absolute atomic E-state index is 12.0. The number of aromatic amines is 1. The van der Waals surface area contributed by atoms with Crippen LogP contribution in [0.25, 0.3) is 10.9 Å². The number of carbonyl (C=O) groups excluding carboxylic acids is 1. The molecule has 1 amide bonds. The number of benzene rings is 1. The fourth-order valence-electron chi connectivity index (χ4n) is 2.20. The molecule has 2 aromatic rings. The normalized spacial score (nSPS) is 11.6. The third-order valence-corrected chi connectivity index (χ3v) is 4.15. The van der Waals surface area contributed by atoms with Gasteiger partial charge in [-0.3, -0.25) is 4.79 Å². The van der Waals surface area contributed by atoms with Gasteiger partial charge in [0.15, 0.2) is 0 Å². The minimum absolute atomic E-state index is 0.113. The van der Waals surface area contributed by atoms with Crippen molar-refractivity contribution in [3.8, 4) is 5.75 Å². The Morgan fingerprint density at radius 2 is 2.14 bits per heavy atom. The summed E-state index contributed by atoms with van der Waals surface area (Å²) in [6.07, 6.45) is 3.64. The van der Waals surface area contributed by atoms with Crippen LogP contribution in [0.1, 0.15) is 32.8 Å². The van der Waals surface area contributed by atoms with Gasteiger partial charge in [-0.05, 0) is 36.6 Å². The largest absolute Gasteiger partial charge is 0.497 e. The Morgan fingerprint density at radius 3 is 2.81 bits per heavy atom. The molecule has 0 atom stereocenters. The Labute approximate surface area is 125 Å². The van der Waals surface area contributed by atoms with Gasteiger partial charge >= 0.3 is 0 Å². The second-order valence-electron chi connectivity index (χ2n) is 5.97. The summed E-state index contributed by atoms with van der Waals surface area (Å²) in [5.74, 6) is 0.960. The van der Waals surface area contributed by atoms with Gasteiger partial charge in [-0.2, -0.15) is 0 Å². The highest BCUT2D eigenvalue weighted by molar-refractivity contribution is 5.85. The van der Waals surface area contributed by atoms with Crippen LogP contribution in [0.2, 0.25) is 0 Å². The van der Waals surface area contributed by atoms with Gasteiger partial charge in [0.1, 0.15) is 5.75 Å². The zero-order chi connectivity index (χ0) is 15.5. The maximum atomic E-state index is 12.0. The molecule has 1 aromatic heterocycles. The molecule has 0 saturated heterocycles. The van der Waals surface area contributed by atoms with Crippen molar-refractivity contribution in [1.29, 1.82) is 0 Å². The first-order valence-corrected chi connectivity index (χ1v) is 7.40. The molecule has 0 saturated carbocycles. The van der Waals surface area contributed by atoms with Crippen molar-refractivity contribution in [3.63, 3.8) is 0 Å². The lowest BCUT2D eigenvalue weighted by atomic mass is 9.89. The number of hydrogen-bond donors (Lipinski definition) is 2. The minimum Gasteiger partial charge on any atom is -0.497 e. The number of H-pyrrole nitrogens is 1. The van der Waals surface area contributed by atoms with E-state index >= 15 is 0 Å². The van der Waals surface area contributed by atoms with Crippen LogP contribution in [0.3, 0.4) is 0 Å². The zero-order valence-corrected chi connectivity index (χ0v) is 13.2. The zero-order valence-electron chi connectivity index (χ0n) is 13.2. The summed E-state index contributed by atoms with van der Waals surface area (Å²) >= 11 is 0. The lowest BCUT2D eigenvalue weighted by Gasteiger charge is -2.21. The highest BCUT2D eigenvalue weighted by Crippen LogP contribution is 2.24. The molecule has 0 radical (unpaired) electrons. The van der Waals surface area contributed by atoms with Gasteiger partial charge in [0.05, 0.1) is 7.11 Å². The average molecular weight is 288 g/mol. The standard InChI is InChI=1S/C17H24N2O2/c1-5-17(2,3)16(20)18-9-8-12-11-19-15-7-6-13(21-4)10-14(12)15/h6-7,10-11,19H,5,8-9H2,1-4H3,(H,18,20). The number of nitrogens with one attached hydrogen (secondary N) is 2. The number of fused-ring (bicyclic) bond motifs is 1. The van der Waals surface area contributed by atoms with E-state index in [0.717, 1.165) is 29.5 Å². The lowest BCUT2D eigenvalue weighted by Crippen LogP contribution is -2.37. The molecule has 0 spiro atoms. The van der Waals surface area contributed by atoms with Crippen molar-refractivity contribution in [2.24, 2.45) is 5.41 Å². The van der Waals surface area contributed by atoms with Gasteiger partial charge in [-0.25, -0.2) is 0 Å². The summed E-state index contributed by atoms with van der Waals surface area (Å²) in [5.41, 5.74) is 1.98. The number of rotatable bonds is 6. The van der Waals surface area contributed by atoms with E-state index in [1.165, 1.54) is 5.56 Å². The van der Waals surface area contributed by atoms with Crippen molar-refractivity contribution in [3.05, 3.63) is 30.0 Å². The van der Waals surface area contributed by atoms with Gasteiger partial charge in [-0.1, -0.05) is 20.8 Å². The monoisotopic (exact) mass is 288 g/mol. The molecule has 2 N–H and O–H groups in total. The molecule has 21 heavy (non-hydrogen) atoms. The van der Waals surface area contributed by atoms with Crippen LogP contribution in [0.5, 0.6) is 5.75 Å². The fourth-order valence-corrected chi connectivity index (χ4v) is 2.20. The molecule has 2 rings (SSSR count). The SMILES string of the molecule is CCC(C)(C)C(=O)NCCc1c[nH]c2ccc(OC)cc12. The minimum atomic E-state index is -0.302. The number of carbonyl (C=O) groups is 1. The molecule has 1 heterocycles. The summed E-state index contributed by atoms with van der Waals surface area (Å²) in [4.78, 5) is 15.3. The number of ether oxygens (including phenoxy) is 1. The molecule has 1 aromatic carbocycles. The molecule has 4 heteroatoms. The summed E-state index contributed by atoms with van der Waals surface area (Å²) in [5, 5.41) is 4.17. The Hall–Kier alpha value is -1.97. The first-order valence-electron chi connectivity index (χ1n) is 7.40. The van der Waals surface area contributed by atoms with E-state index in [1.54, 1.807) is 7.11 Å². The van der Waals surface area contributed by atoms with Gasteiger partial charge in [0.2, 0.25) is 5.91 Å². The third kappa shape index (κ3) is 3.38. The Morgan fingerprint density at radius 1 is 1.38 bits per heavy atom. The molecule has 0 aliphatic rings. The second-order valence-corrected chi connectivity index (χ2v) is 5.97. The number of aromatic nitrogens is 1. The van der Waals surface area contributed by atoms with Gasteiger partial charge in [0.25, 0.3) is 0 Å². The Bertz CT molecular complexity index is 629. The predicted molar refractivity (Wildman–Crippen MR) is 85.6 cm³/mol. The molecule has 0 unspecified atom stereocenters. The highest BCUT2D eigenvalue weighted by Gasteiger charge is 2.24. The van der Waals surface area contributed by atoms with Crippen LogP contribution in [-0.4, -0.2) is 24.5 Å². The maximum Gasteiger partial charge on any atom is 0.225 e. The van der Waals surface area contributed by atoms with Crippen molar-refractivity contribution in [2.75, 3.05) is 13.7 Å². The second kappa shape index (κ2) is 6.20. The quantitative estimate of drug-likeness (QED) is 0.857. The first kappa shape index (κ1) is 15.4. The van der Waals surface area contributed by atoms with E-state index in [1.807, 2.05) is 45.2 Å². The summed E-state index contributed by atoms with van der Waals surface area (Å²) in [6, 6.07) is 5.98. The molecule has 0 aliphatic heterocycles. The van der Waals surface area contributed by atoms with Crippen LogP contribution in [0, 0.1) is 5.41 Å². The van der Waals surface area contributed by atoms with Crippen molar-refractivity contribution in [2.45, 2.75) is 33.6 Å². The summed E-state index contributed by atoms with van der Waals surface area (Å²) in [6.45, 7) is 6.62. The topological polar surface area (TPSA) is 54.1 Å². The lowest BCUT2D eigenvalue weighted by molar-refractivity contribution is -0.129. The van der Waals surface area contributed by atoms with Crippen molar-refractivity contribution < 1.29 is 9.53 Å². The number of methoxy groups -OCH3 is 1. The van der Waals surface area contributed by atoms with Gasteiger partial charge < -0.3 is 15.0 Å². The van der Waals surface area contributed by atoms with Crippen LogP contribution in [0.15, 0.2) is 24.4 Å². The highest BCUT2D eigenvalue weighted by atomic mass is 16.5. The predicted octanol–water partition coefficient (Wildman–Crippen LogP) is 3.27. The van der Waals surface area contributed by atoms with Crippen molar-refractivity contribution in [1.82, 2.24) is 10.3 Å². The molecule has 0 fully saturated rings. The van der Waals surface area contributed by atoms with Crippen molar-refractivity contribution >= 4 is 16.8 Å². The fraction of sp³-hybridized carbons (Fsp3) is 0.471. The van der Waals surface area contributed by atoms with Gasteiger partial charge in [-0.15, -0.1) is 0 Å². The molecule has 0 bridgehead atoms. The molecule has 114 valence electrons. The van der Waals surface area contributed by atoms with Gasteiger partial charge in [0, 0.05) is 29.1 Å². The van der Waals surface area contributed by atoms with Crippen LogP contribution >= 0.6 is 0 Å². The molecular weight excluding hydrogens is 264 g/mol. The number of hydrogen-bond acceptors (Lipinski definition) is 2. The van der Waals surface area contributed by atoms with E-state index < -0.39 is 0 Å². The number of amides is 1. The molecule has 4 nitrogen and oxygen atoms in total. The van der Waals surface area contributed by atoms with E-state index in [-0.39, 0.29) is 11.3 Å². The van der Waals surface area contributed by atoms with Crippen LogP contribution in [-0.2, 0) is 11.2 Å². The van der Waals surface area contributed by atoms with E-state index in [0.29, 0.717) is 6.54 Å². The molecule has 0 aliphatic carbocycles. The third-order valence-electron chi connectivity index (χ3n) is 4.15. The van der Waals surface area contributed by atoms with E-state index in [9.17, 15) is 4.79 Å². The van der Waals surface area contributed by atoms with Crippen LogP contribution in [0.4, 0.5) is 0 Å². The van der Waals surface area contributed by atoms with E-state index in [4.69, 9.17) is 4.74 Å². The van der Waals surface area contributed by atoms with E-state index in [2.05, 4.69) is 10.3 Å². The summed E-state index contributed by atoms with van der Waals surface area (Å²) in [7, 11) is 1.67. The Kier molecular flexibility index (Phi) is 4.56. The average Bonchev–Trinajstić information content (AvgIpc) is 2.89. The molecular formula is C17H24N2O2. The first-order chi connectivity index (χ1) is 9.97. The smallest absolute Gasteiger partial charge is 0.225 e. The Balaban J connectivity index is 2.02. The summed E-state index contributed by atoms with van der Waals surface area (Å²) < 4.78 is 5.26. The van der Waals surface area contributed by atoms with Crippen LogP contribution < -0.4 is 10.1 Å².